The van der Waals surface area contributed by atoms with Crippen molar-refractivity contribution < 1.29 is 9.53 Å². The maximum Gasteiger partial charge on any atom is 0.322 e. The van der Waals surface area contributed by atoms with Crippen molar-refractivity contribution >= 4 is 45.8 Å². The average molecular weight is 569 g/mol. The number of carbonyl (C=O) groups is 1. The van der Waals surface area contributed by atoms with Gasteiger partial charge in [0.25, 0.3) is 5.56 Å². The largest absolute Gasteiger partial charge is 0.492 e. The third kappa shape index (κ3) is 6.36. The minimum absolute atomic E-state index is 0.247. The Morgan fingerprint density at radius 1 is 1.05 bits per heavy atom. The molecule has 0 aliphatic rings. The molecule has 3 aromatic carbocycles. The topological polar surface area (TPSA) is 79.7 Å². The van der Waals surface area contributed by atoms with E-state index in [9.17, 15) is 9.59 Å². The van der Waals surface area contributed by atoms with Crippen molar-refractivity contribution in [3.63, 3.8) is 0 Å². The summed E-state index contributed by atoms with van der Waals surface area (Å²) < 4.78 is 7.41. The van der Waals surface area contributed by atoms with Crippen LogP contribution in [0.5, 0.6) is 5.75 Å². The zero-order valence-corrected chi connectivity index (χ0v) is 23.8. The van der Waals surface area contributed by atoms with Gasteiger partial charge in [-0.15, -0.1) is 0 Å². The molecule has 1 heterocycles. The molecule has 1 N–H and O–H groups in total. The third-order valence-electron chi connectivity index (χ3n) is 6.27. The van der Waals surface area contributed by atoms with Crippen LogP contribution in [0.15, 0.2) is 71.5 Å². The normalized spacial score (nSPS) is 12.0. The van der Waals surface area contributed by atoms with E-state index in [0.29, 0.717) is 63.6 Å². The number of nitrogens with zero attached hydrogens (tertiary/aromatic N) is 4. The van der Waals surface area contributed by atoms with Gasteiger partial charge in [-0.1, -0.05) is 47.5 Å². The molecule has 0 fully saturated rings. The van der Waals surface area contributed by atoms with Crippen LogP contribution in [0.3, 0.4) is 0 Å². The highest BCUT2D eigenvalue weighted by Gasteiger charge is 2.28. The van der Waals surface area contributed by atoms with Gasteiger partial charge in [0.15, 0.2) is 0 Å². The number of likely N-dealkylation sites (N-methyl/N-ethyl adjacent to an activating group) is 1. The lowest BCUT2D eigenvalue weighted by atomic mass is 10.1. The molecule has 39 heavy (non-hydrogen) atoms. The number of rotatable bonds is 9. The van der Waals surface area contributed by atoms with Gasteiger partial charge in [0.05, 0.1) is 39.9 Å². The van der Waals surface area contributed by atoms with Gasteiger partial charge in [0.2, 0.25) is 0 Å². The number of ether oxygens (including phenoxy) is 1. The lowest BCUT2D eigenvalue weighted by Gasteiger charge is -2.32. The van der Waals surface area contributed by atoms with Crippen LogP contribution in [0, 0.1) is 0 Å². The predicted molar refractivity (Wildman–Crippen MR) is 158 cm³/mol. The molecule has 1 unspecified atom stereocenters. The molecule has 0 saturated carbocycles. The van der Waals surface area contributed by atoms with E-state index < -0.39 is 6.04 Å². The van der Waals surface area contributed by atoms with Crippen LogP contribution in [0.1, 0.15) is 25.7 Å². The average Bonchev–Trinajstić information content (AvgIpc) is 2.91. The van der Waals surface area contributed by atoms with Crippen molar-refractivity contribution in [1.82, 2.24) is 19.4 Å². The number of urea groups is 1. The monoisotopic (exact) mass is 567 g/mol. The van der Waals surface area contributed by atoms with Crippen LogP contribution < -0.4 is 15.6 Å². The first-order chi connectivity index (χ1) is 18.7. The van der Waals surface area contributed by atoms with E-state index in [4.69, 9.17) is 32.9 Å². The van der Waals surface area contributed by atoms with Crippen molar-refractivity contribution in [1.29, 1.82) is 0 Å². The van der Waals surface area contributed by atoms with E-state index in [1.807, 2.05) is 63.2 Å². The molecule has 4 rings (SSSR count). The van der Waals surface area contributed by atoms with Gasteiger partial charge in [-0.2, -0.15) is 0 Å². The third-order valence-corrected chi connectivity index (χ3v) is 6.82. The van der Waals surface area contributed by atoms with Crippen LogP contribution >= 0.6 is 23.2 Å². The number of nitrogens with one attached hydrogen (secondary N) is 1. The fourth-order valence-corrected chi connectivity index (χ4v) is 4.73. The number of hydrogen-bond acceptors (Lipinski definition) is 5. The SMILES string of the molecule is CCOc1ccccc1-n1c(C(C)N(CCN(C)C)C(=O)Nc2ccc(Cl)cc2Cl)nc2ccccc2c1=O. The Labute approximate surface area is 237 Å². The first-order valence-corrected chi connectivity index (χ1v) is 13.4. The molecule has 10 heteroatoms. The Kier molecular flexibility index (Phi) is 9.12. The number of carbonyl (C=O) groups excluding carboxylic acids is 1. The second-order valence-corrected chi connectivity index (χ2v) is 10.1. The molecule has 1 atom stereocenters. The number of halogens is 2. The van der Waals surface area contributed by atoms with E-state index in [1.54, 1.807) is 45.9 Å². The fraction of sp³-hybridized carbons (Fsp3) is 0.276. The Balaban J connectivity index is 1.86. The summed E-state index contributed by atoms with van der Waals surface area (Å²) in [5.41, 5.74) is 1.28. The summed E-state index contributed by atoms with van der Waals surface area (Å²) in [4.78, 5) is 36.2. The molecule has 4 aromatic rings. The first-order valence-electron chi connectivity index (χ1n) is 12.6. The minimum Gasteiger partial charge on any atom is -0.492 e. The summed E-state index contributed by atoms with van der Waals surface area (Å²) in [7, 11) is 3.86. The number of hydrogen-bond donors (Lipinski definition) is 1. The van der Waals surface area contributed by atoms with Crippen molar-refractivity contribution in [3.05, 3.63) is 93.0 Å². The van der Waals surface area contributed by atoms with Crippen LogP contribution in [-0.4, -0.2) is 59.2 Å². The highest BCUT2D eigenvalue weighted by molar-refractivity contribution is 6.36. The van der Waals surface area contributed by atoms with Crippen molar-refractivity contribution in [2.24, 2.45) is 0 Å². The number of amides is 2. The quantitative estimate of drug-likeness (QED) is 0.258. The second-order valence-electron chi connectivity index (χ2n) is 9.26. The van der Waals surface area contributed by atoms with Gasteiger partial charge < -0.3 is 19.9 Å². The maximum absolute atomic E-state index is 13.9. The predicted octanol–water partition coefficient (Wildman–Crippen LogP) is 6.25. The van der Waals surface area contributed by atoms with E-state index in [-0.39, 0.29) is 11.6 Å². The maximum atomic E-state index is 13.9. The van der Waals surface area contributed by atoms with Crippen LogP contribution in [0.4, 0.5) is 10.5 Å². The summed E-state index contributed by atoms with van der Waals surface area (Å²) in [5.74, 6) is 0.951. The van der Waals surface area contributed by atoms with Crippen molar-refractivity contribution in [2.75, 3.05) is 39.1 Å². The molecule has 1 aromatic heterocycles. The Morgan fingerprint density at radius 2 is 1.77 bits per heavy atom. The first kappa shape index (κ1) is 28.4. The highest BCUT2D eigenvalue weighted by Crippen LogP contribution is 2.30. The highest BCUT2D eigenvalue weighted by atomic mass is 35.5. The minimum atomic E-state index is -0.608. The van der Waals surface area contributed by atoms with E-state index >= 15 is 0 Å². The molecular formula is C29H31Cl2N5O3. The van der Waals surface area contributed by atoms with E-state index in [2.05, 4.69) is 5.32 Å². The molecule has 0 radical (unpaired) electrons. The summed E-state index contributed by atoms with van der Waals surface area (Å²) in [6, 6.07) is 18.4. The molecule has 0 saturated heterocycles. The van der Waals surface area contributed by atoms with Crippen LogP contribution in [-0.2, 0) is 0 Å². The van der Waals surface area contributed by atoms with Crippen molar-refractivity contribution in [2.45, 2.75) is 19.9 Å². The van der Waals surface area contributed by atoms with Crippen LogP contribution in [0.2, 0.25) is 10.0 Å². The number of benzene rings is 3. The summed E-state index contributed by atoms with van der Waals surface area (Å²) in [6.45, 7) is 5.11. The zero-order valence-electron chi connectivity index (χ0n) is 22.3. The van der Waals surface area contributed by atoms with Crippen LogP contribution in [0.25, 0.3) is 16.6 Å². The van der Waals surface area contributed by atoms with Gasteiger partial charge in [-0.25, -0.2) is 9.78 Å². The number of aromatic nitrogens is 2. The van der Waals surface area contributed by atoms with Gasteiger partial charge in [0.1, 0.15) is 11.6 Å². The summed E-state index contributed by atoms with van der Waals surface area (Å²) in [6.07, 6.45) is 0. The van der Waals surface area contributed by atoms with Crippen molar-refractivity contribution in [3.8, 4) is 11.4 Å². The Hall–Kier alpha value is -3.59. The Bertz CT molecular complexity index is 1540. The molecular weight excluding hydrogens is 537 g/mol. The standard InChI is InChI=1S/C29H31Cl2N5O3/c1-5-39-26-13-9-8-12-25(26)36-27(32-23-11-7-6-10-21(23)28(36)37)19(2)35(17-16-34(3)4)29(38)33-24-15-14-20(30)18-22(24)31/h6-15,18-19H,5,16-17H2,1-4H3,(H,33,38). The van der Waals surface area contributed by atoms with Gasteiger partial charge >= 0.3 is 6.03 Å². The molecule has 0 bridgehead atoms. The van der Waals surface area contributed by atoms with E-state index in [0.717, 1.165) is 0 Å². The van der Waals surface area contributed by atoms with Gasteiger partial charge in [-0.05, 0) is 70.4 Å². The number of anilines is 1. The van der Waals surface area contributed by atoms with Gasteiger partial charge in [0, 0.05) is 18.1 Å². The van der Waals surface area contributed by atoms with E-state index in [1.165, 1.54) is 0 Å². The lowest BCUT2D eigenvalue weighted by Crippen LogP contribution is -2.43. The number of fused-ring (bicyclic) bond motifs is 1. The van der Waals surface area contributed by atoms with Gasteiger partial charge in [-0.3, -0.25) is 9.36 Å². The zero-order chi connectivity index (χ0) is 28.1. The molecule has 0 aliphatic heterocycles. The molecule has 2 amide bonds. The second kappa shape index (κ2) is 12.5. The molecule has 0 aliphatic carbocycles. The Morgan fingerprint density at radius 3 is 2.49 bits per heavy atom. The smallest absolute Gasteiger partial charge is 0.322 e. The summed E-state index contributed by atoms with van der Waals surface area (Å²) >= 11 is 12.4. The lowest BCUT2D eigenvalue weighted by molar-refractivity contribution is 0.181. The fourth-order valence-electron chi connectivity index (χ4n) is 4.28. The molecule has 8 nitrogen and oxygen atoms in total. The summed E-state index contributed by atoms with van der Waals surface area (Å²) in [5, 5.41) is 4.15. The molecule has 0 spiro atoms. The molecule has 204 valence electrons. The number of para-hydroxylation sites is 3.